The summed E-state index contributed by atoms with van der Waals surface area (Å²) in [4.78, 5) is 31.5. The quantitative estimate of drug-likeness (QED) is 0.711. The van der Waals surface area contributed by atoms with E-state index in [1.54, 1.807) is 0 Å². The molecule has 3 heterocycles. The molecule has 1 fully saturated rings. The lowest BCUT2D eigenvalue weighted by atomic mass is 9.84. The minimum Gasteiger partial charge on any atom is -0.493 e. The van der Waals surface area contributed by atoms with Crippen LogP contribution in [0.1, 0.15) is 17.7 Å². The smallest absolute Gasteiger partial charge is 0.325 e. The van der Waals surface area contributed by atoms with Crippen LogP contribution in [0.15, 0.2) is 65.3 Å². The molecule has 5 rings (SSSR count). The van der Waals surface area contributed by atoms with Gasteiger partial charge in [-0.2, -0.15) is 0 Å². The SMILES string of the molecule is O=C1N[C@]2(CCOc3ccccc32)C(=O)N1Cc1coc(-c2ccccc2)n1. The minimum absolute atomic E-state index is 0.0474. The fraction of sp³-hybridized carbons (Fsp3) is 0.190. The van der Waals surface area contributed by atoms with Crippen molar-refractivity contribution < 1.29 is 18.7 Å². The summed E-state index contributed by atoms with van der Waals surface area (Å²) < 4.78 is 11.2. The molecule has 1 saturated heterocycles. The normalized spacial score (nSPS) is 20.8. The van der Waals surface area contributed by atoms with Crippen LogP contribution in [-0.4, -0.2) is 28.4 Å². The molecule has 2 aromatic carbocycles. The predicted molar refractivity (Wildman–Crippen MR) is 99.3 cm³/mol. The summed E-state index contributed by atoms with van der Waals surface area (Å²) in [5, 5.41) is 2.88. The number of carbonyl (C=O) groups excluding carboxylic acids is 2. The molecule has 0 radical (unpaired) electrons. The van der Waals surface area contributed by atoms with E-state index in [1.807, 2.05) is 54.6 Å². The van der Waals surface area contributed by atoms with Gasteiger partial charge in [0.25, 0.3) is 5.91 Å². The Morgan fingerprint density at radius 3 is 2.71 bits per heavy atom. The number of oxazole rings is 1. The number of imide groups is 1. The molecule has 1 spiro atoms. The molecular weight excluding hydrogens is 358 g/mol. The standard InChI is InChI=1S/C21H17N3O4/c25-19-21(10-11-27-17-9-5-4-8-16(17)21)23-20(26)24(19)12-15-13-28-18(22-15)14-6-2-1-3-7-14/h1-9,13H,10-12H2,(H,23,26)/t21-/m0/s1. The van der Waals surface area contributed by atoms with Crippen molar-refractivity contribution in [2.75, 3.05) is 6.61 Å². The summed E-state index contributed by atoms with van der Waals surface area (Å²) >= 11 is 0. The molecular formula is C21H17N3O4. The molecule has 0 saturated carbocycles. The highest BCUT2D eigenvalue weighted by atomic mass is 16.5. The summed E-state index contributed by atoms with van der Waals surface area (Å²) in [7, 11) is 0. The first-order valence-corrected chi connectivity index (χ1v) is 9.04. The van der Waals surface area contributed by atoms with Gasteiger partial charge in [0, 0.05) is 17.5 Å². The van der Waals surface area contributed by atoms with E-state index in [-0.39, 0.29) is 12.5 Å². The zero-order valence-corrected chi connectivity index (χ0v) is 14.9. The topological polar surface area (TPSA) is 84.7 Å². The van der Waals surface area contributed by atoms with Crippen molar-refractivity contribution in [2.24, 2.45) is 0 Å². The third-order valence-electron chi connectivity index (χ3n) is 5.15. The van der Waals surface area contributed by atoms with E-state index in [9.17, 15) is 9.59 Å². The molecule has 0 unspecified atom stereocenters. The second-order valence-corrected chi connectivity index (χ2v) is 6.83. The average molecular weight is 375 g/mol. The number of ether oxygens (including phenoxy) is 1. The molecule has 1 N–H and O–H groups in total. The van der Waals surface area contributed by atoms with Gasteiger partial charge in [0.2, 0.25) is 5.89 Å². The Bertz CT molecular complexity index is 1060. The summed E-state index contributed by atoms with van der Waals surface area (Å²) in [6.45, 7) is 0.408. The highest BCUT2D eigenvalue weighted by Crippen LogP contribution is 2.41. The maximum absolute atomic E-state index is 13.3. The Kier molecular flexibility index (Phi) is 3.68. The van der Waals surface area contributed by atoms with Crippen molar-refractivity contribution in [3.63, 3.8) is 0 Å². The van der Waals surface area contributed by atoms with Gasteiger partial charge in [-0.05, 0) is 18.2 Å². The number of nitrogens with zero attached hydrogens (tertiary/aromatic N) is 2. The van der Waals surface area contributed by atoms with Crippen molar-refractivity contribution in [1.29, 1.82) is 0 Å². The van der Waals surface area contributed by atoms with E-state index in [4.69, 9.17) is 9.15 Å². The molecule has 2 aliphatic rings. The number of carbonyl (C=O) groups is 2. The van der Waals surface area contributed by atoms with Gasteiger partial charge in [0.15, 0.2) is 5.54 Å². The van der Waals surface area contributed by atoms with Gasteiger partial charge in [-0.3, -0.25) is 9.69 Å². The second kappa shape index (κ2) is 6.23. The first kappa shape index (κ1) is 16.6. The van der Waals surface area contributed by atoms with Crippen LogP contribution in [-0.2, 0) is 16.9 Å². The minimum atomic E-state index is -1.09. The first-order chi connectivity index (χ1) is 13.7. The van der Waals surface area contributed by atoms with Gasteiger partial charge in [0.1, 0.15) is 12.0 Å². The molecule has 28 heavy (non-hydrogen) atoms. The zero-order valence-electron chi connectivity index (χ0n) is 14.9. The number of hydrogen-bond donors (Lipinski definition) is 1. The number of nitrogens with one attached hydrogen (secondary N) is 1. The van der Waals surface area contributed by atoms with Crippen LogP contribution in [0.25, 0.3) is 11.5 Å². The van der Waals surface area contributed by atoms with Crippen LogP contribution < -0.4 is 10.1 Å². The molecule has 1 atom stereocenters. The Balaban J connectivity index is 1.43. The second-order valence-electron chi connectivity index (χ2n) is 6.83. The van der Waals surface area contributed by atoms with Crippen molar-refractivity contribution in [3.8, 4) is 17.2 Å². The lowest BCUT2D eigenvalue weighted by Crippen LogP contribution is -2.47. The van der Waals surface area contributed by atoms with E-state index in [2.05, 4.69) is 10.3 Å². The van der Waals surface area contributed by atoms with Crippen LogP contribution in [0.3, 0.4) is 0 Å². The van der Waals surface area contributed by atoms with Crippen molar-refractivity contribution in [1.82, 2.24) is 15.2 Å². The van der Waals surface area contributed by atoms with Crippen molar-refractivity contribution >= 4 is 11.9 Å². The number of amides is 3. The molecule has 7 nitrogen and oxygen atoms in total. The molecule has 2 aliphatic heterocycles. The number of hydrogen-bond acceptors (Lipinski definition) is 5. The van der Waals surface area contributed by atoms with Crippen molar-refractivity contribution in [3.05, 3.63) is 72.1 Å². The van der Waals surface area contributed by atoms with Crippen molar-refractivity contribution in [2.45, 2.75) is 18.5 Å². The fourth-order valence-electron chi connectivity index (χ4n) is 3.77. The average Bonchev–Trinajstić information content (AvgIpc) is 3.29. The third-order valence-corrected chi connectivity index (χ3v) is 5.15. The van der Waals surface area contributed by atoms with Crippen LogP contribution >= 0.6 is 0 Å². The fourth-order valence-corrected chi connectivity index (χ4v) is 3.77. The Labute approximate surface area is 160 Å². The van der Waals surface area contributed by atoms with Crippen LogP contribution in [0.2, 0.25) is 0 Å². The maximum atomic E-state index is 13.3. The molecule has 3 aromatic rings. The van der Waals surface area contributed by atoms with Gasteiger partial charge in [-0.25, -0.2) is 9.78 Å². The van der Waals surface area contributed by atoms with Crippen LogP contribution in [0.5, 0.6) is 5.75 Å². The highest BCUT2D eigenvalue weighted by molar-refractivity contribution is 6.07. The molecule has 3 amide bonds. The monoisotopic (exact) mass is 375 g/mol. The highest BCUT2D eigenvalue weighted by Gasteiger charge is 2.54. The Morgan fingerprint density at radius 2 is 1.86 bits per heavy atom. The molecule has 140 valence electrons. The zero-order chi connectivity index (χ0) is 19.1. The lowest BCUT2D eigenvalue weighted by Gasteiger charge is -2.33. The Morgan fingerprint density at radius 1 is 1.07 bits per heavy atom. The summed E-state index contributed by atoms with van der Waals surface area (Å²) in [5.74, 6) is 0.781. The maximum Gasteiger partial charge on any atom is 0.325 e. The largest absolute Gasteiger partial charge is 0.493 e. The number of rotatable bonds is 3. The van der Waals surface area contributed by atoms with Crippen LogP contribution in [0, 0.1) is 0 Å². The molecule has 0 aliphatic carbocycles. The molecule has 7 heteroatoms. The number of fused-ring (bicyclic) bond motifs is 2. The summed E-state index contributed by atoms with van der Waals surface area (Å²) in [6, 6.07) is 16.3. The van der Waals surface area contributed by atoms with E-state index in [0.717, 1.165) is 5.56 Å². The molecule has 0 bridgehead atoms. The van der Waals surface area contributed by atoms with Gasteiger partial charge in [-0.1, -0.05) is 36.4 Å². The summed E-state index contributed by atoms with van der Waals surface area (Å²) in [5.41, 5.74) is 0.950. The number of urea groups is 1. The van der Waals surface area contributed by atoms with E-state index >= 15 is 0 Å². The van der Waals surface area contributed by atoms with Gasteiger partial charge in [-0.15, -0.1) is 0 Å². The van der Waals surface area contributed by atoms with E-state index in [1.165, 1.54) is 11.2 Å². The number of benzene rings is 2. The van der Waals surface area contributed by atoms with Gasteiger partial charge < -0.3 is 14.5 Å². The van der Waals surface area contributed by atoms with Gasteiger partial charge >= 0.3 is 6.03 Å². The van der Waals surface area contributed by atoms with Gasteiger partial charge in [0.05, 0.1) is 18.8 Å². The van der Waals surface area contributed by atoms with Crippen LogP contribution in [0.4, 0.5) is 4.79 Å². The van der Waals surface area contributed by atoms with E-state index in [0.29, 0.717) is 35.9 Å². The number of para-hydroxylation sites is 1. The molecule has 1 aromatic heterocycles. The third kappa shape index (κ3) is 2.47. The Hall–Kier alpha value is -3.61. The lowest BCUT2D eigenvalue weighted by molar-refractivity contribution is -0.133. The summed E-state index contributed by atoms with van der Waals surface area (Å²) in [6.07, 6.45) is 1.87. The predicted octanol–water partition coefficient (Wildman–Crippen LogP) is 3.07. The first-order valence-electron chi connectivity index (χ1n) is 9.04. The number of aromatic nitrogens is 1. The van der Waals surface area contributed by atoms with E-state index < -0.39 is 11.6 Å².